The lowest BCUT2D eigenvalue weighted by Gasteiger charge is -2.36. The lowest BCUT2D eigenvalue weighted by molar-refractivity contribution is -0.384. The summed E-state index contributed by atoms with van der Waals surface area (Å²) in [5, 5.41) is 19.8. The lowest BCUT2D eigenvalue weighted by atomic mass is 10.1. The Balaban J connectivity index is 1.60. The van der Waals surface area contributed by atoms with Gasteiger partial charge >= 0.3 is 0 Å². The van der Waals surface area contributed by atoms with Crippen molar-refractivity contribution >= 4 is 23.0 Å². The van der Waals surface area contributed by atoms with Gasteiger partial charge in [0.05, 0.1) is 24.0 Å². The molecule has 1 heterocycles. The van der Waals surface area contributed by atoms with E-state index in [1.165, 1.54) is 17.7 Å². The number of hydrogen-bond acceptors (Lipinski definition) is 6. The van der Waals surface area contributed by atoms with Crippen molar-refractivity contribution in [3.8, 4) is 6.07 Å². The molecular formula is C23H27N5O3. The van der Waals surface area contributed by atoms with E-state index in [-0.39, 0.29) is 18.0 Å². The second-order valence-electron chi connectivity index (χ2n) is 7.76. The fourth-order valence-electron chi connectivity index (χ4n) is 3.68. The first kappa shape index (κ1) is 22.2. The SMILES string of the molecule is Cc1ccc(N(CCC#N)C(=O)CN2CCN(c3ccc([N+](=O)[O-])cc3)CC2)cc1C. The number of non-ortho nitro benzene ring substituents is 1. The second-order valence-corrected chi connectivity index (χ2v) is 7.76. The molecule has 0 saturated carbocycles. The van der Waals surface area contributed by atoms with Crippen LogP contribution >= 0.6 is 0 Å². The zero-order valence-corrected chi connectivity index (χ0v) is 18.0. The van der Waals surface area contributed by atoms with Gasteiger partial charge in [0.1, 0.15) is 0 Å². The monoisotopic (exact) mass is 421 g/mol. The first-order valence-electron chi connectivity index (χ1n) is 10.4. The van der Waals surface area contributed by atoms with Gasteiger partial charge in [0, 0.05) is 56.2 Å². The van der Waals surface area contributed by atoms with Crippen LogP contribution in [-0.2, 0) is 4.79 Å². The average molecular weight is 422 g/mol. The Hall–Kier alpha value is -3.44. The summed E-state index contributed by atoms with van der Waals surface area (Å²) in [6.07, 6.45) is 0.284. The minimum absolute atomic E-state index is 0.0118. The molecule has 0 unspecified atom stereocenters. The minimum Gasteiger partial charge on any atom is -0.369 e. The summed E-state index contributed by atoms with van der Waals surface area (Å²) in [4.78, 5) is 29.5. The summed E-state index contributed by atoms with van der Waals surface area (Å²) in [5.74, 6) is -0.0118. The van der Waals surface area contributed by atoms with E-state index >= 15 is 0 Å². The molecule has 0 bridgehead atoms. The Labute approximate surface area is 182 Å². The maximum Gasteiger partial charge on any atom is 0.269 e. The topological polar surface area (TPSA) is 93.7 Å². The second kappa shape index (κ2) is 10.0. The van der Waals surface area contributed by atoms with E-state index in [9.17, 15) is 14.9 Å². The van der Waals surface area contributed by atoms with Crippen LogP contribution in [0.5, 0.6) is 0 Å². The third-order valence-corrected chi connectivity index (χ3v) is 5.71. The van der Waals surface area contributed by atoms with Crippen molar-refractivity contribution in [3.63, 3.8) is 0 Å². The van der Waals surface area contributed by atoms with Crippen molar-refractivity contribution in [2.75, 3.05) is 49.1 Å². The fourth-order valence-corrected chi connectivity index (χ4v) is 3.68. The highest BCUT2D eigenvalue weighted by Crippen LogP contribution is 2.22. The highest BCUT2D eigenvalue weighted by Gasteiger charge is 2.23. The van der Waals surface area contributed by atoms with Crippen LogP contribution in [0.2, 0.25) is 0 Å². The van der Waals surface area contributed by atoms with Crippen molar-refractivity contribution < 1.29 is 9.72 Å². The van der Waals surface area contributed by atoms with Gasteiger partial charge < -0.3 is 9.80 Å². The molecule has 8 heteroatoms. The Bertz CT molecular complexity index is 976. The molecule has 0 atom stereocenters. The number of nitrogens with zero attached hydrogens (tertiary/aromatic N) is 5. The molecule has 0 aromatic heterocycles. The smallest absolute Gasteiger partial charge is 0.269 e. The number of nitro benzene ring substituents is 1. The Morgan fingerprint density at radius 1 is 1.10 bits per heavy atom. The Kier molecular flexibility index (Phi) is 7.21. The van der Waals surface area contributed by atoms with Gasteiger partial charge in [-0.3, -0.25) is 19.8 Å². The number of piperazine rings is 1. The van der Waals surface area contributed by atoms with Crippen LogP contribution in [0, 0.1) is 35.3 Å². The first-order valence-corrected chi connectivity index (χ1v) is 10.4. The molecule has 0 spiro atoms. The molecule has 1 aliphatic rings. The molecular weight excluding hydrogens is 394 g/mol. The molecule has 2 aromatic carbocycles. The predicted octanol–water partition coefficient (Wildman–Crippen LogP) is 3.28. The lowest BCUT2D eigenvalue weighted by Crippen LogP contribution is -2.50. The Morgan fingerprint density at radius 2 is 1.77 bits per heavy atom. The van der Waals surface area contributed by atoms with Crippen molar-refractivity contribution in [1.29, 1.82) is 5.26 Å². The van der Waals surface area contributed by atoms with Crippen molar-refractivity contribution in [1.82, 2.24) is 4.90 Å². The average Bonchev–Trinajstić information content (AvgIpc) is 2.77. The van der Waals surface area contributed by atoms with Crippen LogP contribution in [0.4, 0.5) is 17.1 Å². The maximum atomic E-state index is 13.1. The quantitative estimate of drug-likeness (QED) is 0.503. The summed E-state index contributed by atoms with van der Waals surface area (Å²) < 4.78 is 0. The molecule has 1 saturated heterocycles. The largest absolute Gasteiger partial charge is 0.369 e. The number of carbonyl (C=O) groups is 1. The molecule has 1 aliphatic heterocycles. The number of carbonyl (C=O) groups excluding carboxylic acids is 1. The molecule has 162 valence electrons. The van der Waals surface area contributed by atoms with E-state index in [2.05, 4.69) is 15.9 Å². The van der Waals surface area contributed by atoms with E-state index in [4.69, 9.17) is 5.26 Å². The number of rotatable bonds is 7. The summed E-state index contributed by atoms with van der Waals surface area (Å²) in [5.41, 5.74) is 4.13. The standard InChI is InChI=1S/C23H27N5O3/c1-18-4-5-22(16-19(18)2)27(11-3-10-24)23(29)17-25-12-14-26(15-13-25)20-6-8-21(9-7-20)28(30)31/h4-9,16H,3,11-15,17H2,1-2H3. The van der Waals surface area contributed by atoms with E-state index in [0.29, 0.717) is 13.1 Å². The number of benzene rings is 2. The van der Waals surface area contributed by atoms with Crippen LogP contribution in [0.15, 0.2) is 42.5 Å². The third kappa shape index (κ3) is 5.58. The summed E-state index contributed by atoms with van der Waals surface area (Å²) in [6.45, 7) is 7.66. The van der Waals surface area contributed by atoms with Crippen molar-refractivity contribution in [3.05, 3.63) is 63.7 Å². The molecule has 2 aromatic rings. The third-order valence-electron chi connectivity index (χ3n) is 5.71. The van der Waals surface area contributed by atoms with Gasteiger partial charge in [0.2, 0.25) is 5.91 Å². The minimum atomic E-state index is -0.402. The van der Waals surface area contributed by atoms with Crippen LogP contribution in [-0.4, -0.2) is 55.0 Å². The maximum absolute atomic E-state index is 13.1. The van der Waals surface area contributed by atoms with Gasteiger partial charge in [-0.25, -0.2) is 0 Å². The Morgan fingerprint density at radius 3 is 2.35 bits per heavy atom. The zero-order chi connectivity index (χ0) is 22.4. The van der Waals surface area contributed by atoms with Gasteiger partial charge in [0.25, 0.3) is 5.69 Å². The van der Waals surface area contributed by atoms with E-state index in [0.717, 1.165) is 43.1 Å². The molecule has 0 N–H and O–H groups in total. The van der Waals surface area contributed by atoms with Crippen molar-refractivity contribution in [2.24, 2.45) is 0 Å². The van der Waals surface area contributed by atoms with Crippen molar-refractivity contribution in [2.45, 2.75) is 20.3 Å². The summed E-state index contributed by atoms with van der Waals surface area (Å²) in [7, 11) is 0. The molecule has 0 radical (unpaired) electrons. The number of amides is 1. The van der Waals surface area contributed by atoms with E-state index in [1.807, 2.05) is 32.0 Å². The molecule has 8 nitrogen and oxygen atoms in total. The van der Waals surface area contributed by atoms with E-state index in [1.54, 1.807) is 17.0 Å². The van der Waals surface area contributed by atoms with Gasteiger partial charge in [0.15, 0.2) is 0 Å². The van der Waals surface area contributed by atoms with Gasteiger partial charge in [-0.2, -0.15) is 5.26 Å². The van der Waals surface area contributed by atoms with E-state index < -0.39 is 4.92 Å². The fraction of sp³-hybridized carbons (Fsp3) is 0.391. The highest BCUT2D eigenvalue weighted by atomic mass is 16.6. The number of nitro groups is 1. The molecule has 0 aliphatic carbocycles. The number of nitriles is 1. The van der Waals surface area contributed by atoms with Crippen LogP contribution in [0.1, 0.15) is 17.5 Å². The van der Waals surface area contributed by atoms with Crippen LogP contribution < -0.4 is 9.80 Å². The highest BCUT2D eigenvalue weighted by molar-refractivity contribution is 5.95. The summed E-state index contributed by atoms with van der Waals surface area (Å²) in [6, 6.07) is 14.6. The summed E-state index contributed by atoms with van der Waals surface area (Å²) >= 11 is 0. The normalized spacial score (nSPS) is 14.2. The number of hydrogen-bond donors (Lipinski definition) is 0. The van der Waals surface area contributed by atoms with Gasteiger partial charge in [-0.15, -0.1) is 0 Å². The first-order chi connectivity index (χ1) is 14.9. The predicted molar refractivity (Wildman–Crippen MR) is 120 cm³/mol. The molecule has 3 rings (SSSR count). The molecule has 1 fully saturated rings. The zero-order valence-electron chi connectivity index (χ0n) is 18.0. The number of anilines is 2. The van der Waals surface area contributed by atoms with Crippen LogP contribution in [0.3, 0.4) is 0 Å². The van der Waals surface area contributed by atoms with Crippen LogP contribution in [0.25, 0.3) is 0 Å². The van der Waals surface area contributed by atoms with Gasteiger partial charge in [-0.05, 0) is 49.2 Å². The van der Waals surface area contributed by atoms with Gasteiger partial charge in [-0.1, -0.05) is 6.07 Å². The molecule has 31 heavy (non-hydrogen) atoms. The number of aryl methyl sites for hydroxylation is 2. The molecule has 1 amide bonds.